The van der Waals surface area contributed by atoms with Gasteiger partial charge in [0, 0.05) is 7.05 Å². The fourth-order valence-corrected chi connectivity index (χ4v) is 1.73. The van der Waals surface area contributed by atoms with Crippen molar-refractivity contribution in [3.05, 3.63) is 47.4 Å². The van der Waals surface area contributed by atoms with Crippen LogP contribution in [-0.4, -0.2) is 17.0 Å². The summed E-state index contributed by atoms with van der Waals surface area (Å²) < 4.78 is 5.70. The monoisotopic (exact) mass is 243 g/mol. The summed E-state index contributed by atoms with van der Waals surface area (Å²) in [6.45, 7) is 4.54. The fraction of sp³-hybridized carbons (Fsp3) is 0.286. The average molecular weight is 243 g/mol. The highest BCUT2D eigenvalue weighted by Gasteiger charge is 2.00. The molecule has 0 aliphatic rings. The van der Waals surface area contributed by atoms with Gasteiger partial charge in [0.05, 0.1) is 18.1 Å². The van der Waals surface area contributed by atoms with Crippen molar-refractivity contribution in [3.8, 4) is 5.75 Å². The van der Waals surface area contributed by atoms with Crippen molar-refractivity contribution in [2.45, 2.75) is 20.5 Å². The Hall–Kier alpha value is -2.10. The summed E-state index contributed by atoms with van der Waals surface area (Å²) in [6, 6.07) is 6.15. The Morgan fingerprint density at radius 1 is 1.06 bits per heavy atom. The van der Waals surface area contributed by atoms with Crippen LogP contribution in [0.4, 0.5) is 5.82 Å². The predicted octanol–water partition coefficient (Wildman–Crippen LogP) is 2.71. The minimum Gasteiger partial charge on any atom is -0.487 e. The lowest BCUT2D eigenvalue weighted by molar-refractivity contribution is 0.300. The molecule has 0 unspecified atom stereocenters. The van der Waals surface area contributed by atoms with Gasteiger partial charge >= 0.3 is 0 Å². The summed E-state index contributed by atoms with van der Waals surface area (Å²) in [4.78, 5) is 8.45. The Bertz CT molecular complexity index is 503. The molecule has 0 bridgehead atoms. The van der Waals surface area contributed by atoms with E-state index in [-0.39, 0.29) is 0 Å². The van der Waals surface area contributed by atoms with E-state index < -0.39 is 0 Å². The summed E-state index contributed by atoms with van der Waals surface area (Å²) in [7, 11) is 1.82. The van der Waals surface area contributed by atoms with Crippen LogP contribution in [0.1, 0.15) is 16.8 Å². The second-order valence-electron chi connectivity index (χ2n) is 4.26. The number of aryl methyl sites for hydroxylation is 2. The minimum absolute atomic E-state index is 0.430. The van der Waals surface area contributed by atoms with Gasteiger partial charge in [-0.3, -0.25) is 4.98 Å². The van der Waals surface area contributed by atoms with E-state index in [1.54, 1.807) is 12.4 Å². The number of ether oxygens (including phenoxy) is 1. The molecule has 1 aromatic heterocycles. The first-order valence-electron chi connectivity index (χ1n) is 5.87. The number of benzene rings is 1. The van der Waals surface area contributed by atoms with Gasteiger partial charge in [0.2, 0.25) is 0 Å². The molecule has 0 aliphatic heterocycles. The van der Waals surface area contributed by atoms with E-state index in [0.717, 1.165) is 17.3 Å². The molecule has 0 radical (unpaired) electrons. The number of nitrogens with zero attached hydrogens (tertiary/aromatic N) is 2. The highest BCUT2D eigenvalue weighted by atomic mass is 16.5. The van der Waals surface area contributed by atoms with Crippen molar-refractivity contribution in [2.75, 3.05) is 12.4 Å². The molecular weight excluding hydrogens is 226 g/mol. The van der Waals surface area contributed by atoms with Crippen LogP contribution in [0.2, 0.25) is 0 Å². The molecular formula is C14H17N3O. The molecule has 0 spiro atoms. The number of rotatable bonds is 4. The van der Waals surface area contributed by atoms with Crippen molar-refractivity contribution < 1.29 is 4.74 Å². The Balaban J connectivity index is 2.01. The summed E-state index contributed by atoms with van der Waals surface area (Å²) in [5.74, 6) is 1.62. The average Bonchev–Trinajstić information content (AvgIpc) is 2.36. The van der Waals surface area contributed by atoms with E-state index in [0.29, 0.717) is 6.61 Å². The lowest BCUT2D eigenvalue weighted by atomic mass is 10.1. The highest BCUT2D eigenvalue weighted by Crippen LogP contribution is 2.17. The van der Waals surface area contributed by atoms with Crippen molar-refractivity contribution in [2.24, 2.45) is 0 Å². The van der Waals surface area contributed by atoms with Gasteiger partial charge in [-0.25, -0.2) is 4.98 Å². The summed E-state index contributed by atoms with van der Waals surface area (Å²) in [5.41, 5.74) is 3.20. The third-order valence-electron chi connectivity index (χ3n) is 2.54. The van der Waals surface area contributed by atoms with Crippen molar-refractivity contribution in [1.29, 1.82) is 0 Å². The van der Waals surface area contributed by atoms with Crippen molar-refractivity contribution >= 4 is 5.82 Å². The number of anilines is 1. The highest BCUT2D eigenvalue weighted by molar-refractivity contribution is 5.33. The lowest BCUT2D eigenvalue weighted by Crippen LogP contribution is -2.01. The molecule has 1 aromatic carbocycles. The van der Waals surface area contributed by atoms with Gasteiger partial charge in [-0.15, -0.1) is 0 Å². The van der Waals surface area contributed by atoms with Crippen LogP contribution >= 0.6 is 0 Å². The molecule has 0 atom stereocenters. The van der Waals surface area contributed by atoms with Crippen LogP contribution in [0.15, 0.2) is 30.6 Å². The molecule has 1 heterocycles. The zero-order valence-corrected chi connectivity index (χ0v) is 10.9. The third kappa shape index (κ3) is 3.20. The molecule has 0 aliphatic carbocycles. The van der Waals surface area contributed by atoms with Crippen LogP contribution < -0.4 is 10.1 Å². The van der Waals surface area contributed by atoms with Gasteiger partial charge in [0.15, 0.2) is 0 Å². The predicted molar refractivity (Wildman–Crippen MR) is 71.8 cm³/mol. The molecule has 4 heteroatoms. The van der Waals surface area contributed by atoms with Crippen LogP contribution in [0.25, 0.3) is 0 Å². The largest absolute Gasteiger partial charge is 0.487 e. The fourth-order valence-electron chi connectivity index (χ4n) is 1.73. The van der Waals surface area contributed by atoms with Gasteiger partial charge in [-0.1, -0.05) is 6.07 Å². The van der Waals surface area contributed by atoms with E-state index in [9.17, 15) is 0 Å². The smallest absolute Gasteiger partial charge is 0.144 e. The number of aromatic nitrogens is 2. The maximum atomic E-state index is 5.70. The first-order valence-corrected chi connectivity index (χ1v) is 5.87. The standard InChI is InChI=1S/C14H17N3O/c1-10-4-11(2)6-13(5-10)18-9-12-7-17-14(15-3)8-16-12/h4-8H,9H2,1-3H3,(H,15,17). The van der Waals surface area contributed by atoms with Gasteiger partial charge in [-0.05, 0) is 37.1 Å². The Kier molecular flexibility index (Phi) is 3.77. The molecule has 2 aromatic rings. The topological polar surface area (TPSA) is 47.0 Å². The SMILES string of the molecule is CNc1cnc(COc2cc(C)cc(C)c2)cn1. The molecule has 0 fully saturated rings. The second-order valence-corrected chi connectivity index (χ2v) is 4.26. The summed E-state index contributed by atoms with van der Waals surface area (Å²) >= 11 is 0. The summed E-state index contributed by atoms with van der Waals surface area (Å²) in [5, 5.41) is 2.93. The van der Waals surface area contributed by atoms with Crippen molar-refractivity contribution in [1.82, 2.24) is 9.97 Å². The summed E-state index contributed by atoms with van der Waals surface area (Å²) in [6.07, 6.45) is 3.41. The van der Waals surface area contributed by atoms with Gasteiger partial charge in [0.1, 0.15) is 18.2 Å². The van der Waals surface area contributed by atoms with E-state index in [2.05, 4.69) is 35.2 Å². The zero-order chi connectivity index (χ0) is 13.0. The van der Waals surface area contributed by atoms with Crippen LogP contribution in [0, 0.1) is 13.8 Å². The molecule has 94 valence electrons. The molecule has 0 saturated carbocycles. The van der Waals surface area contributed by atoms with Crippen molar-refractivity contribution in [3.63, 3.8) is 0 Å². The quantitative estimate of drug-likeness (QED) is 0.897. The normalized spacial score (nSPS) is 10.2. The van der Waals surface area contributed by atoms with Gasteiger partial charge < -0.3 is 10.1 Å². The molecule has 18 heavy (non-hydrogen) atoms. The Labute approximate surface area is 107 Å². The minimum atomic E-state index is 0.430. The molecule has 0 saturated heterocycles. The second kappa shape index (κ2) is 5.49. The van der Waals surface area contributed by atoms with E-state index in [1.165, 1.54) is 11.1 Å². The number of hydrogen-bond acceptors (Lipinski definition) is 4. The molecule has 2 rings (SSSR count). The van der Waals surface area contributed by atoms with E-state index in [1.807, 2.05) is 19.2 Å². The van der Waals surface area contributed by atoms with Crippen LogP contribution in [-0.2, 0) is 6.61 Å². The van der Waals surface area contributed by atoms with E-state index in [4.69, 9.17) is 4.74 Å². The maximum Gasteiger partial charge on any atom is 0.144 e. The first-order chi connectivity index (χ1) is 8.67. The Morgan fingerprint density at radius 2 is 1.78 bits per heavy atom. The molecule has 4 nitrogen and oxygen atoms in total. The number of hydrogen-bond donors (Lipinski definition) is 1. The van der Waals surface area contributed by atoms with E-state index >= 15 is 0 Å². The molecule has 0 amide bonds. The third-order valence-corrected chi connectivity index (χ3v) is 2.54. The lowest BCUT2D eigenvalue weighted by Gasteiger charge is -2.08. The Morgan fingerprint density at radius 3 is 2.33 bits per heavy atom. The van der Waals surface area contributed by atoms with Gasteiger partial charge in [-0.2, -0.15) is 0 Å². The van der Waals surface area contributed by atoms with Crippen LogP contribution in [0.3, 0.4) is 0 Å². The number of nitrogens with one attached hydrogen (secondary N) is 1. The molecule has 1 N–H and O–H groups in total. The maximum absolute atomic E-state index is 5.70. The zero-order valence-electron chi connectivity index (χ0n) is 10.9. The van der Waals surface area contributed by atoms with Gasteiger partial charge in [0.25, 0.3) is 0 Å². The first kappa shape index (κ1) is 12.4. The van der Waals surface area contributed by atoms with Crippen LogP contribution in [0.5, 0.6) is 5.75 Å².